The Morgan fingerprint density at radius 2 is 2.05 bits per heavy atom. The molecule has 0 aliphatic heterocycles. The lowest BCUT2D eigenvalue weighted by Gasteiger charge is -2.21. The minimum atomic E-state index is 0.0864. The number of anilines is 1. The highest BCUT2D eigenvalue weighted by molar-refractivity contribution is 8.01. The van der Waals surface area contributed by atoms with Crippen LogP contribution in [0.4, 0.5) is 5.13 Å². The highest BCUT2D eigenvalue weighted by Gasteiger charge is 2.19. The molecule has 0 spiro atoms. The molecule has 0 radical (unpaired) electrons. The van der Waals surface area contributed by atoms with Crippen molar-refractivity contribution in [3.63, 3.8) is 0 Å². The third-order valence-electron chi connectivity index (χ3n) is 3.75. The van der Waals surface area contributed by atoms with Gasteiger partial charge in [0.1, 0.15) is 0 Å². The minimum absolute atomic E-state index is 0.0864. The third kappa shape index (κ3) is 3.98. The van der Waals surface area contributed by atoms with E-state index < -0.39 is 0 Å². The predicted octanol–water partition coefficient (Wildman–Crippen LogP) is 4.08. The van der Waals surface area contributed by atoms with Crippen LogP contribution in [0.2, 0.25) is 0 Å². The number of nitrogens with one attached hydrogen (secondary N) is 1. The van der Waals surface area contributed by atoms with Crippen molar-refractivity contribution in [3.05, 3.63) is 11.8 Å². The Kier molecular flexibility index (Phi) is 5.30. The first-order valence-corrected chi connectivity index (χ1v) is 9.53. The summed E-state index contributed by atoms with van der Waals surface area (Å²) in [6, 6.07) is 0.556. The molecule has 1 atom stereocenters. The second kappa shape index (κ2) is 7.41. The van der Waals surface area contributed by atoms with Gasteiger partial charge in [0.2, 0.25) is 16.9 Å². The van der Waals surface area contributed by atoms with Crippen LogP contribution < -0.4 is 5.32 Å². The van der Waals surface area contributed by atoms with E-state index in [-0.39, 0.29) is 5.25 Å². The van der Waals surface area contributed by atoms with Crippen LogP contribution in [0, 0.1) is 0 Å². The predicted molar refractivity (Wildman–Crippen MR) is 88.4 cm³/mol. The zero-order chi connectivity index (χ0) is 15.4. The Bertz CT molecular complexity index is 594. The van der Waals surface area contributed by atoms with E-state index in [0.29, 0.717) is 17.8 Å². The summed E-state index contributed by atoms with van der Waals surface area (Å²) in [6.07, 6.45) is 7.22. The molecule has 1 unspecified atom stereocenters. The molecular weight excluding hydrogens is 318 g/mol. The normalized spacial score (nSPS) is 17.5. The first kappa shape index (κ1) is 15.7. The summed E-state index contributed by atoms with van der Waals surface area (Å²) in [6.45, 7) is 4.05. The van der Waals surface area contributed by atoms with E-state index in [4.69, 9.17) is 4.42 Å². The van der Waals surface area contributed by atoms with Gasteiger partial charge in [-0.3, -0.25) is 0 Å². The molecule has 0 bridgehead atoms. The molecule has 8 heteroatoms. The monoisotopic (exact) mass is 339 g/mol. The third-order valence-corrected chi connectivity index (χ3v) is 5.78. The molecule has 1 saturated carbocycles. The molecule has 22 heavy (non-hydrogen) atoms. The van der Waals surface area contributed by atoms with Gasteiger partial charge in [0.05, 0.1) is 5.25 Å². The summed E-state index contributed by atoms with van der Waals surface area (Å²) < 4.78 is 6.53. The van der Waals surface area contributed by atoms with Crippen molar-refractivity contribution in [3.8, 4) is 0 Å². The lowest BCUT2D eigenvalue weighted by atomic mass is 9.96. The Morgan fingerprint density at radius 1 is 1.23 bits per heavy atom. The number of hydrogen-bond acceptors (Lipinski definition) is 8. The lowest BCUT2D eigenvalue weighted by molar-refractivity contribution is 0.456. The summed E-state index contributed by atoms with van der Waals surface area (Å²) >= 11 is 3.21. The van der Waals surface area contributed by atoms with E-state index in [0.717, 1.165) is 15.9 Å². The molecule has 2 aromatic heterocycles. The van der Waals surface area contributed by atoms with Crippen LogP contribution in [0.25, 0.3) is 0 Å². The Balaban J connectivity index is 1.56. The van der Waals surface area contributed by atoms with Crippen molar-refractivity contribution in [2.75, 3.05) is 5.32 Å². The maximum atomic E-state index is 5.59. The van der Waals surface area contributed by atoms with Crippen LogP contribution in [0.1, 0.15) is 63.0 Å². The first-order chi connectivity index (χ1) is 10.7. The number of rotatable bonds is 6. The first-order valence-electron chi connectivity index (χ1n) is 7.83. The second-order valence-corrected chi connectivity index (χ2v) is 8.07. The summed E-state index contributed by atoms with van der Waals surface area (Å²) in [4.78, 5) is 0. The SMILES string of the molecule is CCc1nnc(C(C)Sc2nnc(NC3CCCCC3)s2)o1. The Hall–Kier alpha value is -1.15. The molecule has 1 N–H and O–H groups in total. The van der Waals surface area contributed by atoms with Crippen LogP contribution in [0.3, 0.4) is 0 Å². The van der Waals surface area contributed by atoms with Crippen LogP contribution >= 0.6 is 23.1 Å². The van der Waals surface area contributed by atoms with Crippen molar-refractivity contribution < 1.29 is 4.42 Å². The highest BCUT2D eigenvalue weighted by Crippen LogP contribution is 2.37. The van der Waals surface area contributed by atoms with Crippen molar-refractivity contribution in [1.29, 1.82) is 0 Å². The molecule has 0 amide bonds. The van der Waals surface area contributed by atoms with Gasteiger partial charge in [0.15, 0.2) is 4.34 Å². The standard InChI is InChI=1S/C14H21N5OS2/c1-3-11-16-17-12(20-11)9(2)21-14-19-18-13(22-14)15-10-7-5-4-6-8-10/h9-10H,3-8H2,1-2H3,(H,15,18). The number of hydrogen-bond donors (Lipinski definition) is 1. The van der Waals surface area contributed by atoms with Crippen molar-refractivity contribution in [2.24, 2.45) is 0 Å². The van der Waals surface area contributed by atoms with E-state index in [1.165, 1.54) is 32.1 Å². The van der Waals surface area contributed by atoms with E-state index in [1.54, 1.807) is 23.1 Å². The fourth-order valence-electron chi connectivity index (χ4n) is 2.51. The van der Waals surface area contributed by atoms with Gasteiger partial charge >= 0.3 is 0 Å². The average Bonchev–Trinajstić information content (AvgIpc) is 3.17. The largest absolute Gasteiger partial charge is 0.424 e. The van der Waals surface area contributed by atoms with E-state index in [1.807, 2.05) is 13.8 Å². The number of nitrogens with zero attached hydrogens (tertiary/aromatic N) is 4. The number of aromatic nitrogens is 4. The number of aryl methyl sites for hydroxylation is 1. The van der Waals surface area contributed by atoms with E-state index in [2.05, 4.69) is 25.7 Å². The van der Waals surface area contributed by atoms with E-state index in [9.17, 15) is 0 Å². The van der Waals surface area contributed by atoms with E-state index >= 15 is 0 Å². The molecule has 2 aromatic rings. The summed E-state index contributed by atoms with van der Waals surface area (Å²) in [5, 5.41) is 21.1. The van der Waals surface area contributed by atoms with Gasteiger partial charge in [-0.05, 0) is 19.8 Å². The Labute approximate surface area is 138 Å². The smallest absolute Gasteiger partial charge is 0.229 e. The summed E-state index contributed by atoms with van der Waals surface area (Å²) in [5.74, 6) is 1.33. The summed E-state index contributed by atoms with van der Waals surface area (Å²) in [5.41, 5.74) is 0. The fourth-order valence-corrected chi connectivity index (χ4v) is 4.52. The minimum Gasteiger partial charge on any atom is -0.424 e. The number of thioether (sulfide) groups is 1. The molecule has 0 aromatic carbocycles. The molecule has 1 aliphatic carbocycles. The van der Waals surface area contributed by atoms with Crippen LogP contribution in [0.5, 0.6) is 0 Å². The van der Waals surface area contributed by atoms with Gasteiger partial charge in [-0.1, -0.05) is 49.3 Å². The molecule has 0 saturated heterocycles. The zero-order valence-corrected chi connectivity index (χ0v) is 14.5. The summed E-state index contributed by atoms with van der Waals surface area (Å²) in [7, 11) is 0. The molecule has 1 fully saturated rings. The Morgan fingerprint density at radius 3 is 2.77 bits per heavy atom. The molecule has 1 aliphatic rings. The maximum absolute atomic E-state index is 5.59. The van der Waals surface area contributed by atoms with Gasteiger partial charge in [0.25, 0.3) is 0 Å². The van der Waals surface area contributed by atoms with Gasteiger partial charge in [-0.15, -0.1) is 20.4 Å². The second-order valence-electron chi connectivity index (χ2n) is 5.50. The van der Waals surface area contributed by atoms with Crippen LogP contribution in [-0.4, -0.2) is 26.4 Å². The lowest BCUT2D eigenvalue weighted by Crippen LogP contribution is -2.21. The molecule has 6 nitrogen and oxygen atoms in total. The molecule has 3 rings (SSSR count). The van der Waals surface area contributed by atoms with Gasteiger partial charge in [0, 0.05) is 12.5 Å². The molecular formula is C14H21N5OS2. The van der Waals surface area contributed by atoms with Crippen molar-refractivity contribution in [1.82, 2.24) is 20.4 Å². The maximum Gasteiger partial charge on any atom is 0.229 e. The molecule has 120 valence electrons. The van der Waals surface area contributed by atoms with Crippen molar-refractivity contribution >= 4 is 28.2 Å². The van der Waals surface area contributed by atoms with Gasteiger partial charge in [-0.25, -0.2) is 0 Å². The topological polar surface area (TPSA) is 76.7 Å². The van der Waals surface area contributed by atoms with Crippen LogP contribution in [-0.2, 0) is 6.42 Å². The highest BCUT2D eigenvalue weighted by atomic mass is 32.2. The molecule has 2 heterocycles. The fraction of sp³-hybridized carbons (Fsp3) is 0.714. The zero-order valence-electron chi connectivity index (χ0n) is 12.9. The quantitative estimate of drug-likeness (QED) is 0.794. The van der Waals surface area contributed by atoms with Gasteiger partial charge < -0.3 is 9.73 Å². The average molecular weight is 339 g/mol. The van der Waals surface area contributed by atoms with Gasteiger partial charge in [-0.2, -0.15) is 0 Å². The van der Waals surface area contributed by atoms with Crippen molar-refractivity contribution in [2.45, 2.75) is 68.0 Å². The van der Waals surface area contributed by atoms with Crippen LogP contribution in [0.15, 0.2) is 8.76 Å².